The van der Waals surface area contributed by atoms with Crippen molar-refractivity contribution < 1.29 is 27.8 Å². The number of likely N-dealkylation sites (tertiary alicyclic amines) is 1. The van der Waals surface area contributed by atoms with Gasteiger partial charge in [0.1, 0.15) is 5.75 Å². The van der Waals surface area contributed by atoms with E-state index < -0.39 is 17.8 Å². The van der Waals surface area contributed by atoms with Gasteiger partial charge in [-0.15, -0.1) is 0 Å². The van der Waals surface area contributed by atoms with E-state index in [1.807, 2.05) is 12.1 Å². The van der Waals surface area contributed by atoms with E-state index >= 15 is 0 Å². The van der Waals surface area contributed by atoms with Crippen LogP contribution < -0.4 is 9.64 Å². The second-order valence-electron chi connectivity index (χ2n) is 9.43. The number of benzene rings is 2. The van der Waals surface area contributed by atoms with Crippen molar-refractivity contribution >= 4 is 11.8 Å². The molecule has 176 valence electrons. The summed E-state index contributed by atoms with van der Waals surface area (Å²) in [6.07, 6.45) is -3.22. The minimum Gasteiger partial charge on any atom is -0.491 e. The number of carbonyl (C=O) groups is 1. The molecule has 5 nitrogen and oxygen atoms in total. The van der Waals surface area contributed by atoms with Gasteiger partial charge >= 0.3 is 12.3 Å². The van der Waals surface area contributed by atoms with E-state index in [9.17, 15) is 23.1 Å². The van der Waals surface area contributed by atoms with Crippen molar-refractivity contribution in [3.8, 4) is 16.9 Å². The summed E-state index contributed by atoms with van der Waals surface area (Å²) in [5, 5.41) is 9.52. The summed E-state index contributed by atoms with van der Waals surface area (Å²) in [5.41, 5.74) is 3.09. The van der Waals surface area contributed by atoms with E-state index in [0.717, 1.165) is 48.7 Å². The average molecular weight is 460 g/mol. The van der Waals surface area contributed by atoms with Gasteiger partial charge in [0, 0.05) is 37.3 Å². The molecule has 3 aliphatic heterocycles. The van der Waals surface area contributed by atoms with Gasteiger partial charge in [0.15, 0.2) is 0 Å². The van der Waals surface area contributed by atoms with Crippen LogP contribution in [0.25, 0.3) is 11.1 Å². The fourth-order valence-electron chi connectivity index (χ4n) is 5.73. The molecular weight excluding hydrogens is 433 g/mol. The normalized spacial score (nSPS) is 21.8. The zero-order valence-corrected chi connectivity index (χ0v) is 18.7. The Bertz CT molecular complexity index is 1100. The molecule has 0 spiro atoms. The van der Waals surface area contributed by atoms with Gasteiger partial charge in [-0.2, -0.15) is 13.2 Å². The summed E-state index contributed by atoms with van der Waals surface area (Å²) in [5.74, 6) is 0.165. The second-order valence-corrected chi connectivity index (χ2v) is 9.43. The highest BCUT2D eigenvalue weighted by Gasteiger charge is 2.45. The molecule has 3 heterocycles. The Balaban J connectivity index is 1.62. The largest absolute Gasteiger partial charge is 0.491 e. The number of nitrogens with zero attached hydrogens (tertiary/aromatic N) is 2. The molecule has 0 bridgehead atoms. The average Bonchev–Trinajstić information content (AvgIpc) is 3.07. The summed E-state index contributed by atoms with van der Waals surface area (Å²) in [6, 6.07) is 8.12. The molecular formula is C25H27F3N2O3. The molecule has 5 rings (SSSR count). The number of ether oxygens (including phenoxy) is 1. The molecule has 3 aliphatic rings. The van der Waals surface area contributed by atoms with E-state index in [1.54, 1.807) is 19.9 Å². The molecule has 2 atom stereocenters. The van der Waals surface area contributed by atoms with Crippen molar-refractivity contribution in [2.45, 2.75) is 57.3 Å². The highest BCUT2D eigenvalue weighted by Crippen LogP contribution is 2.51. The summed E-state index contributed by atoms with van der Waals surface area (Å²) in [6.45, 7) is 5.32. The first-order valence-electron chi connectivity index (χ1n) is 11.4. The Morgan fingerprint density at radius 1 is 1.18 bits per heavy atom. The number of carboxylic acid groups (broad SMARTS) is 1. The number of aryl methyl sites for hydroxylation is 1. The first kappa shape index (κ1) is 21.9. The second kappa shape index (κ2) is 7.85. The van der Waals surface area contributed by atoms with Crippen molar-refractivity contribution in [2.75, 3.05) is 24.5 Å². The van der Waals surface area contributed by atoms with Crippen LogP contribution in [0.15, 0.2) is 30.3 Å². The van der Waals surface area contributed by atoms with Crippen LogP contribution >= 0.6 is 0 Å². The molecule has 8 heteroatoms. The number of hydrogen-bond acceptors (Lipinski definition) is 3. The van der Waals surface area contributed by atoms with Gasteiger partial charge in [0.2, 0.25) is 0 Å². The molecule has 1 fully saturated rings. The maximum absolute atomic E-state index is 14.1. The summed E-state index contributed by atoms with van der Waals surface area (Å²) < 4.78 is 47.7. The number of hydrogen-bond donors (Lipinski definition) is 1. The summed E-state index contributed by atoms with van der Waals surface area (Å²) >= 11 is 0. The Kier molecular flexibility index (Phi) is 5.21. The summed E-state index contributed by atoms with van der Waals surface area (Å²) in [4.78, 5) is 15.4. The number of anilines is 1. The third kappa shape index (κ3) is 3.79. The lowest BCUT2D eigenvalue weighted by molar-refractivity contribution is -0.137. The van der Waals surface area contributed by atoms with Crippen molar-refractivity contribution in [2.24, 2.45) is 0 Å². The number of piperidine rings is 1. The van der Waals surface area contributed by atoms with Crippen LogP contribution in [0.1, 0.15) is 49.3 Å². The minimum atomic E-state index is -4.53. The Morgan fingerprint density at radius 2 is 1.97 bits per heavy atom. The van der Waals surface area contributed by atoms with E-state index in [4.69, 9.17) is 4.74 Å². The predicted molar refractivity (Wildman–Crippen MR) is 119 cm³/mol. The third-order valence-corrected chi connectivity index (χ3v) is 6.98. The molecule has 1 amide bonds. The zero-order valence-electron chi connectivity index (χ0n) is 18.7. The van der Waals surface area contributed by atoms with Gasteiger partial charge in [-0.05, 0) is 79.6 Å². The molecule has 33 heavy (non-hydrogen) atoms. The van der Waals surface area contributed by atoms with Gasteiger partial charge in [-0.1, -0.05) is 6.07 Å². The Hall–Kier alpha value is -2.90. The van der Waals surface area contributed by atoms with E-state index in [1.165, 1.54) is 11.0 Å². The van der Waals surface area contributed by atoms with Crippen LogP contribution in [0, 0.1) is 0 Å². The fourth-order valence-corrected chi connectivity index (χ4v) is 5.73. The van der Waals surface area contributed by atoms with Crippen molar-refractivity contribution in [3.05, 3.63) is 47.0 Å². The lowest BCUT2D eigenvalue weighted by atomic mass is 9.86. The highest BCUT2D eigenvalue weighted by molar-refractivity contribution is 5.79. The standard InChI is InChI=1S/C25H27F3N2O3/c1-14(2)33-17-5-6-18(21(12-17)25(26,27)28)16-10-15-4-3-8-30-22-7-9-29(24(31)32)13-20(22)19(11-16)23(15)30/h5-6,10-12,14,20,22H,3-4,7-9,13H2,1-2H3,(H,31,32)/t20-,22-/m0/s1. The van der Waals surface area contributed by atoms with E-state index in [-0.39, 0.29) is 29.4 Å². The molecule has 0 aromatic heterocycles. The monoisotopic (exact) mass is 460 g/mol. The smallest absolute Gasteiger partial charge is 0.417 e. The van der Waals surface area contributed by atoms with Crippen LogP contribution in [-0.4, -0.2) is 47.9 Å². The molecule has 0 unspecified atom stereocenters. The summed E-state index contributed by atoms with van der Waals surface area (Å²) in [7, 11) is 0. The molecule has 2 aromatic carbocycles. The number of amides is 1. The van der Waals surface area contributed by atoms with E-state index in [0.29, 0.717) is 18.7 Å². The molecule has 0 saturated carbocycles. The number of halogens is 3. The van der Waals surface area contributed by atoms with Crippen LogP contribution in [0.2, 0.25) is 0 Å². The van der Waals surface area contributed by atoms with Crippen LogP contribution in [0.3, 0.4) is 0 Å². The molecule has 1 N–H and O–H groups in total. The van der Waals surface area contributed by atoms with Crippen molar-refractivity contribution in [1.82, 2.24) is 4.90 Å². The van der Waals surface area contributed by atoms with Gasteiger partial charge in [-0.3, -0.25) is 0 Å². The lowest BCUT2D eigenvalue weighted by Crippen LogP contribution is -2.48. The number of alkyl halides is 3. The van der Waals surface area contributed by atoms with Gasteiger partial charge in [-0.25, -0.2) is 4.79 Å². The van der Waals surface area contributed by atoms with Crippen molar-refractivity contribution in [1.29, 1.82) is 0 Å². The highest BCUT2D eigenvalue weighted by atomic mass is 19.4. The van der Waals surface area contributed by atoms with Gasteiger partial charge in [0.05, 0.1) is 11.7 Å². The predicted octanol–water partition coefficient (Wildman–Crippen LogP) is 5.76. The Labute approximate surface area is 190 Å². The van der Waals surface area contributed by atoms with Crippen LogP contribution in [0.5, 0.6) is 5.75 Å². The maximum atomic E-state index is 14.1. The van der Waals surface area contributed by atoms with Crippen molar-refractivity contribution in [3.63, 3.8) is 0 Å². The lowest BCUT2D eigenvalue weighted by Gasteiger charge is -2.39. The quantitative estimate of drug-likeness (QED) is 0.633. The number of rotatable bonds is 3. The molecule has 2 aromatic rings. The fraction of sp³-hybridized carbons (Fsp3) is 0.480. The maximum Gasteiger partial charge on any atom is 0.417 e. The molecule has 0 aliphatic carbocycles. The van der Waals surface area contributed by atoms with Crippen LogP contribution in [-0.2, 0) is 12.6 Å². The van der Waals surface area contributed by atoms with Crippen LogP contribution in [0.4, 0.5) is 23.7 Å². The van der Waals surface area contributed by atoms with Gasteiger partial charge < -0.3 is 19.6 Å². The Morgan fingerprint density at radius 3 is 2.67 bits per heavy atom. The zero-order chi connectivity index (χ0) is 23.5. The van der Waals surface area contributed by atoms with E-state index in [2.05, 4.69) is 4.90 Å². The first-order chi connectivity index (χ1) is 15.6. The SMILES string of the molecule is CC(C)Oc1ccc(-c2cc3c4c(c2)[C@@H]2CN(C(=O)O)CC[C@@H]2N4CCC3)c(C(F)(F)F)c1. The van der Waals surface area contributed by atoms with Gasteiger partial charge in [0.25, 0.3) is 0 Å². The minimum absolute atomic E-state index is 0.0282. The topological polar surface area (TPSA) is 53.0 Å². The molecule has 1 saturated heterocycles. The molecule has 0 radical (unpaired) electrons. The third-order valence-electron chi connectivity index (χ3n) is 6.98. The first-order valence-corrected chi connectivity index (χ1v) is 11.4. The number of fused-ring (bicyclic) bond motifs is 3.